The molecule has 0 bridgehead atoms. The van der Waals surface area contributed by atoms with Gasteiger partial charge in [-0.2, -0.15) is 0 Å². The summed E-state index contributed by atoms with van der Waals surface area (Å²) >= 11 is 7.73. The number of hydrogen-bond donors (Lipinski definition) is 2. The van der Waals surface area contributed by atoms with Crippen molar-refractivity contribution in [3.8, 4) is 0 Å². The van der Waals surface area contributed by atoms with Crippen molar-refractivity contribution in [3.05, 3.63) is 89.3 Å². The Morgan fingerprint density at radius 3 is 2.67 bits per heavy atom. The standard InChI is InChI=1S/C21H16ClN3OS/c22-14-9-10-18-17(12-14)20(27-16-7-2-1-3-8-16)19(25-18)21(26)24-13-15-6-4-5-11-23-15/h1-12,25H,13H2,(H,24,26). The Morgan fingerprint density at radius 1 is 1.07 bits per heavy atom. The van der Waals surface area contributed by atoms with Crippen LogP contribution in [0.15, 0.2) is 82.7 Å². The lowest BCUT2D eigenvalue weighted by Crippen LogP contribution is -2.24. The molecule has 134 valence electrons. The molecule has 2 heterocycles. The molecule has 0 aliphatic heterocycles. The van der Waals surface area contributed by atoms with Gasteiger partial charge >= 0.3 is 0 Å². The summed E-state index contributed by atoms with van der Waals surface area (Å²) in [4.78, 5) is 22.3. The minimum absolute atomic E-state index is 0.175. The highest BCUT2D eigenvalue weighted by Gasteiger charge is 2.19. The van der Waals surface area contributed by atoms with E-state index in [9.17, 15) is 4.79 Å². The molecule has 1 amide bonds. The largest absolute Gasteiger partial charge is 0.350 e. The number of nitrogens with zero attached hydrogens (tertiary/aromatic N) is 1. The number of pyridine rings is 1. The van der Waals surface area contributed by atoms with Crippen LogP contribution in [0.1, 0.15) is 16.2 Å². The molecule has 0 fully saturated rings. The van der Waals surface area contributed by atoms with Crippen LogP contribution < -0.4 is 5.32 Å². The lowest BCUT2D eigenvalue weighted by molar-refractivity contribution is 0.0943. The molecule has 0 radical (unpaired) electrons. The molecule has 0 aliphatic carbocycles. The SMILES string of the molecule is O=C(NCc1ccccn1)c1[nH]c2ccc(Cl)cc2c1Sc1ccccc1. The molecule has 2 aromatic heterocycles. The average molecular weight is 394 g/mol. The molecule has 4 aromatic rings. The summed E-state index contributed by atoms with van der Waals surface area (Å²) in [7, 11) is 0. The third kappa shape index (κ3) is 3.99. The van der Waals surface area contributed by atoms with Crippen molar-refractivity contribution < 1.29 is 4.79 Å². The summed E-state index contributed by atoms with van der Waals surface area (Å²) < 4.78 is 0. The van der Waals surface area contributed by atoms with E-state index in [1.54, 1.807) is 18.0 Å². The number of hydrogen-bond acceptors (Lipinski definition) is 3. The van der Waals surface area contributed by atoms with E-state index in [-0.39, 0.29) is 5.91 Å². The van der Waals surface area contributed by atoms with Crippen LogP contribution in [0.2, 0.25) is 5.02 Å². The molecule has 27 heavy (non-hydrogen) atoms. The van der Waals surface area contributed by atoms with E-state index in [1.165, 1.54) is 0 Å². The summed E-state index contributed by atoms with van der Waals surface area (Å²) in [5, 5.41) is 4.50. The van der Waals surface area contributed by atoms with Crippen molar-refractivity contribution in [1.29, 1.82) is 0 Å². The molecule has 0 saturated carbocycles. The van der Waals surface area contributed by atoms with Crippen LogP contribution in [0.4, 0.5) is 0 Å². The van der Waals surface area contributed by atoms with Gasteiger partial charge in [-0.25, -0.2) is 0 Å². The zero-order valence-electron chi connectivity index (χ0n) is 14.3. The van der Waals surface area contributed by atoms with Crippen LogP contribution in [-0.2, 0) is 6.54 Å². The number of H-pyrrole nitrogens is 1. The number of nitrogens with one attached hydrogen (secondary N) is 2. The summed E-state index contributed by atoms with van der Waals surface area (Å²) in [5.41, 5.74) is 2.21. The number of aromatic nitrogens is 2. The number of fused-ring (bicyclic) bond motifs is 1. The van der Waals surface area contributed by atoms with Gasteiger partial charge in [0.2, 0.25) is 0 Å². The predicted octanol–water partition coefficient (Wildman–Crippen LogP) is 5.30. The fourth-order valence-corrected chi connectivity index (χ4v) is 4.00. The maximum Gasteiger partial charge on any atom is 0.269 e. The van der Waals surface area contributed by atoms with E-state index in [0.29, 0.717) is 17.3 Å². The van der Waals surface area contributed by atoms with Gasteiger partial charge in [0.25, 0.3) is 5.91 Å². The Hall–Kier alpha value is -2.76. The molecular formula is C21H16ClN3OS. The Kier molecular flexibility index (Phi) is 5.14. The highest BCUT2D eigenvalue weighted by Crippen LogP contribution is 2.37. The van der Waals surface area contributed by atoms with Gasteiger partial charge in [-0.3, -0.25) is 9.78 Å². The summed E-state index contributed by atoms with van der Waals surface area (Å²) in [6, 6.07) is 21.2. The predicted molar refractivity (Wildman–Crippen MR) is 109 cm³/mol. The van der Waals surface area contributed by atoms with E-state index >= 15 is 0 Å². The van der Waals surface area contributed by atoms with Gasteiger partial charge in [-0.1, -0.05) is 47.6 Å². The van der Waals surface area contributed by atoms with E-state index < -0.39 is 0 Å². The van der Waals surface area contributed by atoms with Gasteiger partial charge in [0.05, 0.1) is 17.1 Å². The van der Waals surface area contributed by atoms with Crippen molar-refractivity contribution in [1.82, 2.24) is 15.3 Å². The quantitative estimate of drug-likeness (QED) is 0.484. The van der Waals surface area contributed by atoms with Crippen LogP contribution in [0, 0.1) is 0 Å². The summed E-state index contributed by atoms with van der Waals surface area (Å²) in [6.07, 6.45) is 1.71. The fraction of sp³-hybridized carbons (Fsp3) is 0.0476. The first kappa shape index (κ1) is 17.6. The topological polar surface area (TPSA) is 57.8 Å². The molecule has 4 rings (SSSR count). The third-order valence-electron chi connectivity index (χ3n) is 4.06. The number of benzene rings is 2. The molecule has 4 nitrogen and oxygen atoms in total. The summed E-state index contributed by atoms with van der Waals surface area (Å²) in [6.45, 7) is 0.366. The van der Waals surface area contributed by atoms with Gasteiger partial charge < -0.3 is 10.3 Å². The van der Waals surface area contributed by atoms with Crippen molar-refractivity contribution in [3.63, 3.8) is 0 Å². The number of carbonyl (C=O) groups is 1. The molecule has 0 unspecified atom stereocenters. The molecule has 0 saturated heterocycles. The van der Waals surface area contributed by atoms with Crippen LogP contribution in [0.5, 0.6) is 0 Å². The van der Waals surface area contributed by atoms with Crippen LogP contribution >= 0.6 is 23.4 Å². The zero-order valence-corrected chi connectivity index (χ0v) is 15.8. The van der Waals surface area contributed by atoms with Gasteiger partial charge in [-0.15, -0.1) is 0 Å². The second-order valence-corrected chi connectivity index (χ2v) is 7.46. The number of rotatable bonds is 5. The lowest BCUT2D eigenvalue weighted by Gasteiger charge is -2.07. The van der Waals surface area contributed by atoms with Crippen molar-refractivity contribution >= 4 is 40.2 Å². The van der Waals surface area contributed by atoms with Crippen LogP contribution in [0.3, 0.4) is 0 Å². The molecule has 0 aliphatic rings. The van der Waals surface area contributed by atoms with E-state index in [1.807, 2.05) is 66.7 Å². The second kappa shape index (κ2) is 7.86. The number of carbonyl (C=O) groups excluding carboxylic acids is 1. The Labute approximate surface area is 166 Å². The Balaban J connectivity index is 1.68. The fourth-order valence-electron chi connectivity index (χ4n) is 2.77. The zero-order chi connectivity index (χ0) is 18.6. The lowest BCUT2D eigenvalue weighted by atomic mass is 10.2. The minimum Gasteiger partial charge on any atom is -0.350 e. The van der Waals surface area contributed by atoms with Crippen molar-refractivity contribution in [2.75, 3.05) is 0 Å². The van der Waals surface area contributed by atoms with Crippen LogP contribution in [-0.4, -0.2) is 15.9 Å². The van der Waals surface area contributed by atoms with E-state index in [2.05, 4.69) is 15.3 Å². The van der Waals surface area contributed by atoms with Gasteiger partial charge in [0.1, 0.15) is 5.69 Å². The number of aromatic amines is 1. The molecule has 2 N–H and O–H groups in total. The highest BCUT2D eigenvalue weighted by atomic mass is 35.5. The molecule has 0 spiro atoms. The van der Waals surface area contributed by atoms with Gasteiger partial charge in [-0.05, 0) is 42.5 Å². The Bertz CT molecular complexity index is 1080. The smallest absolute Gasteiger partial charge is 0.269 e. The first-order valence-electron chi connectivity index (χ1n) is 8.43. The first-order valence-corrected chi connectivity index (χ1v) is 9.62. The molecule has 0 atom stereocenters. The monoisotopic (exact) mass is 393 g/mol. The Morgan fingerprint density at radius 2 is 1.89 bits per heavy atom. The van der Waals surface area contributed by atoms with Gasteiger partial charge in [0, 0.05) is 27.0 Å². The molecular weight excluding hydrogens is 378 g/mol. The number of amides is 1. The molecule has 6 heteroatoms. The minimum atomic E-state index is -0.175. The summed E-state index contributed by atoms with van der Waals surface area (Å²) in [5.74, 6) is -0.175. The maximum absolute atomic E-state index is 12.9. The van der Waals surface area contributed by atoms with Crippen molar-refractivity contribution in [2.24, 2.45) is 0 Å². The average Bonchev–Trinajstić information content (AvgIpc) is 3.05. The number of halogens is 1. The first-order chi connectivity index (χ1) is 13.2. The van der Waals surface area contributed by atoms with Gasteiger partial charge in [0.15, 0.2) is 0 Å². The third-order valence-corrected chi connectivity index (χ3v) is 5.43. The highest BCUT2D eigenvalue weighted by molar-refractivity contribution is 7.99. The second-order valence-electron chi connectivity index (χ2n) is 5.94. The van der Waals surface area contributed by atoms with E-state index in [4.69, 9.17) is 11.6 Å². The molecule has 2 aromatic carbocycles. The maximum atomic E-state index is 12.9. The normalized spacial score (nSPS) is 10.9. The van der Waals surface area contributed by atoms with Crippen LogP contribution in [0.25, 0.3) is 10.9 Å². The van der Waals surface area contributed by atoms with E-state index in [0.717, 1.165) is 26.4 Å². The van der Waals surface area contributed by atoms with Crippen molar-refractivity contribution in [2.45, 2.75) is 16.3 Å².